The lowest BCUT2D eigenvalue weighted by atomic mass is 10.1. The second-order valence-corrected chi connectivity index (χ2v) is 4.39. The van der Waals surface area contributed by atoms with E-state index in [1.165, 1.54) is 12.1 Å². The molecule has 5 heteroatoms. The van der Waals surface area contributed by atoms with Crippen LogP contribution in [0.1, 0.15) is 25.5 Å². The molecule has 0 saturated carbocycles. The highest BCUT2D eigenvalue weighted by atomic mass is 16.3. The topological polar surface area (TPSA) is 78.6 Å². The van der Waals surface area contributed by atoms with Crippen molar-refractivity contribution in [3.63, 3.8) is 0 Å². The van der Waals surface area contributed by atoms with Gasteiger partial charge in [-0.3, -0.25) is 4.79 Å². The Bertz CT molecular complexity index is 388. The number of nitrogens with zero attached hydrogens (tertiary/aromatic N) is 1. The molecule has 0 aliphatic rings. The summed E-state index contributed by atoms with van der Waals surface area (Å²) >= 11 is 0. The fourth-order valence-corrected chi connectivity index (χ4v) is 1.82. The smallest absolute Gasteiger partial charge is 0.241 e. The lowest BCUT2D eigenvalue weighted by Gasteiger charge is -2.19. The first-order chi connectivity index (χ1) is 9.08. The predicted octanol–water partition coefficient (Wildman–Crippen LogP) is 0.850. The first-order valence-electron chi connectivity index (χ1n) is 6.63. The molecule has 19 heavy (non-hydrogen) atoms. The number of nitrogens with two attached hydrogens (primary N) is 1. The maximum absolute atomic E-state index is 11.9. The summed E-state index contributed by atoms with van der Waals surface area (Å²) in [5, 5.41) is 12.0. The van der Waals surface area contributed by atoms with Crippen LogP contribution in [0.2, 0.25) is 0 Å². The summed E-state index contributed by atoms with van der Waals surface area (Å²) in [6, 6.07) is 5.67. The zero-order valence-electron chi connectivity index (χ0n) is 11.6. The van der Waals surface area contributed by atoms with E-state index in [2.05, 4.69) is 24.1 Å². The molecule has 106 valence electrons. The second kappa shape index (κ2) is 7.76. The van der Waals surface area contributed by atoms with E-state index < -0.39 is 6.04 Å². The molecule has 1 aromatic carbocycles. The van der Waals surface area contributed by atoms with Gasteiger partial charge in [0.05, 0.1) is 0 Å². The lowest BCUT2D eigenvalue weighted by molar-refractivity contribution is -0.122. The molecule has 1 aromatic rings. The van der Waals surface area contributed by atoms with Crippen molar-refractivity contribution >= 4 is 5.91 Å². The van der Waals surface area contributed by atoms with Gasteiger partial charge in [-0.25, -0.2) is 0 Å². The van der Waals surface area contributed by atoms with Gasteiger partial charge in [0.1, 0.15) is 11.8 Å². The van der Waals surface area contributed by atoms with Gasteiger partial charge in [0.2, 0.25) is 5.91 Å². The largest absolute Gasteiger partial charge is 0.508 e. The van der Waals surface area contributed by atoms with Crippen LogP contribution in [0.3, 0.4) is 0 Å². The van der Waals surface area contributed by atoms with Crippen molar-refractivity contribution in [3.05, 3.63) is 29.8 Å². The Labute approximate surface area is 114 Å². The van der Waals surface area contributed by atoms with Crippen LogP contribution in [-0.4, -0.2) is 42.1 Å². The van der Waals surface area contributed by atoms with E-state index in [-0.39, 0.29) is 11.7 Å². The Balaban J connectivity index is 2.42. The summed E-state index contributed by atoms with van der Waals surface area (Å²) in [7, 11) is 0. The maximum Gasteiger partial charge on any atom is 0.241 e. The predicted molar refractivity (Wildman–Crippen MR) is 75.8 cm³/mol. The van der Waals surface area contributed by atoms with E-state index >= 15 is 0 Å². The molecule has 0 bridgehead atoms. The van der Waals surface area contributed by atoms with Crippen LogP contribution in [0.5, 0.6) is 5.75 Å². The van der Waals surface area contributed by atoms with Gasteiger partial charge in [-0.1, -0.05) is 26.0 Å². The Morgan fingerprint density at radius 1 is 1.32 bits per heavy atom. The van der Waals surface area contributed by atoms with E-state index in [1.807, 2.05) is 0 Å². The minimum absolute atomic E-state index is 0.165. The summed E-state index contributed by atoms with van der Waals surface area (Å²) in [5.41, 5.74) is 6.56. The van der Waals surface area contributed by atoms with Crippen LogP contribution in [0.4, 0.5) is 0 Å². The maximum atomic E-state index is 11.9. The number of nitrogens with one attached hydrogen (secondary N) is 1. The fraction of sp³-hybridized carbons (Fsp3) is 0.500. The molecule has 0 aromatic heterocycles. The summed E-state index contributed by atoms with van der Waals surface area (Å²) in [4.78, 5) is 14.1. The number of amides is 1. The van der Waals surface area contributed by atoms with Gasteiger partial charge in [0.25, 0.3) is 0 Å². The SMILES string of the molecule is CCN(CC)CCNC(=O)C(N)c1ccc(O)cc1. The van der Waals surface area contributed by atoms with Crippen molar-refractivity contribution < 1.29 is 9.90 Å². The highest BCUT2D eigenvalue weighted by Gasteiger charge is 2.15. The third-order valence-corrected chi connectivity index (χ3v) is 3.16. The molecule has 1 atom stereocenters. The van der Waals surface area contributed by atoms with Gasteiger partial charge >= 0.3 is 0 Å². The van der Waals surface area contributed by atoms with Crippen molar-refractivity contribution in [2.75, 3.05) is 26.2 Å². The number of aromatic hydroxyl groups is 1. The number of likely N-dealkylation sites (N-methyl/N-ethyl adjacent to an activating group) is 1. The van der Waals surface area contributed by atoms with Crippen molar-refractivity contribution in [2.45, 2.75) is 19.9 Å². The van der Waals surface area contributed by atoms with Crippen molar-refractivity contribution in [1.82, 2.24) is 10.2 Å². The van der Waals surface area contributed by atoms with Gasteiger partial charge < -0.3 is 21.1 Å². The summed E-state index contributed by atoms with van der Waals surface area (Å²) in [6.07, 6.45) is 0. The van der Waals surface area contributed by atoms with Crippen LogP contribution < -0.4 is 11.1 Å². The van der Waals surface area contributed by atoms with E-state index in [1.54, 1.807) is 12.1 Å². The van der Waals surface area contributed by atoms with Crippen LogP contribution in [0.15, 0.2) is 24.3 Å². The van der Waals surface area contributed by atoms with Crippen LogP contribution in [0, 0.1) is 0 Å². The number of rotatable bonds is 7. The summed E-state index contributed by atoms with van der Waals surface area (Å²) in [5.74, 6) is -0.0317. The first kappa shape index (κ1) is 15.5. The molecule has 0 fully saturated rings. The molecule has 0 aliphatic heterocycles. The summed E-state index contributed by atoms with van der Waals surface area (Å²) in [6.45, 7) is 7.53. The minimum Gasteiger partial charge on any atom is -0.508 e. The first-order valence-corrected chi connectivity index (χ1v) is 6.63. The number of phenolic OH excluding ortho intramolecular Hbond substituents is 1. The van der Waals surface area contributed by atoms with Gasteiger partial charge in [-0.2, -0.15) is 0 Å². The molecular weight excluding hydrogens is 242 g/mol. The Morgan fingerprint density at radius 3 is 2.42 bits per heavy atom. The number of hydrogen-bond donors (Lipinski definition) is 3. The van der Waals surface area contributed by atoms with Crippen molar-refractivity contribution in [3.8, 4) is 5.75 Å². The third kappa shape index (κ3) is 4.89. The zero-order valence-corrected chi connectivity index (χ0v) is 11.6. The number of phenols is 1. The van der Waals surface area contributed by atoms with E-state index in [0.29, 0.717) is 12.1 Å². The van der Waals surface area contributed by atoms with Gasteiger partial charge in [-0.15, -0.1) is 0 Å². The minimum atomic E-state index is -0.697. The van der Waals surface area contributed by atoms with Crippen LogP contribution >= 0.6 is 0 Å². The standard InChI is InChI=1S/C14H23N3O2/c1-3-17(4-2)10-9-16-14(19)13(15)11-5-7-12(18)8-6-11/h5-8,13,18H,3-4,9-10,15H2,1-2H3,(H,16,19). The molecule has 1 unspecified atom stereocenters. The van der Waals surface area contributed by atoms with E-state index in [4.69, 9.17) is 5.73 Å². The van der Waals surface area contributed by atoms with Gasteiger partial charge in [-0.05, 0) is 30.8 Å². The second-order valence-electron chi connectivity index (χ2n) is 4.39. The van der Waals surface area contributed by atoms with Crippen LogP contribution in [0.25, 0.3) is 0 Å². The monoisotopic (exact) mass is 265 g/mol. The summed E-state index contributed by atoms with van der Waals surface area (Å²) < 4.78 is 0. The number of benzene rings is 1. The Kier molecular flexibility index (Phi) is 6.32. The van der Waals surface area contributed by atoms with Crippen molar-refractivity contribution in [2.24, 2.45) is 5.73 Å². The number of carbonyl (C=O) groups excluding carboxylic acids is 1. The average Bonchev–Trinajstić information content (AvgIpc) is 2.43. The highest BCUT2D eigenvalue weighted by Crippen LogP contribution is 2.14. The van der Waals surface area contributed by atoms with E-state index in [0.717, 1.165) is 19.6 Å². The molecular formula is C14H23N3O2. The molecule has 0 aliphatic carbocycles. The van der Waals surface area contributed by atoms with E-state index in [9.17, 15) is 9.90 Å². The molecule has 0 heterocycles. The molecule has 1 rings (SSSR count). The highest BCUT2D eigenvalue weighted by molar-refractivity contribution is 5.82. The molecule has 0 saturated heterocycles. The molecule has 5 nitrogen and oxygen atoms in total. The van der Waals surface area contributed by atoms with Gasteiger partial charge in [0, 0.05) is 13.1 Å². The van der Waals surface area contributed by atoms with Gasteiger partial charge in [0.15, 0.2) is 0 Å². The Hall–Kier alpha value is -1.59. The molecule has 4 N–H and O–H groups in total. The van der Waals surface area contributed by atoms with Crippen LogP contribution in [-0.2, 0) is 4.79 Å². The molecule has 0 spiro atoms. The fourth-order valence-electron chi connectivity index (χ4n) is 1.82. The van der Waals surface area contributed by atoms with Crippen molar-refractivity contribution in [1.29, 1.82) is 0 Å². The normalized spacial score (nSPS) is 12.4. The number of carbonyl (C=O) groups is 1. The lowest BCUT2D eigenvalue weighted by Crippen LogP contribution is -2.39. The molecule has 0 radical (unpaired) electrons. The third-order valence-electron chi connectivity index (χ3n) is 3.16. The number of hydrogen-bond acceptors (Lipinski definition) is 4. The Morgan fingerprint density at radius 2 is 1.89 bits per heavy atom. The average molecular weight is 265 g/mol. The zero-order chi connectivity index (χ0) is 14.3. The quantitative estimate of drug-likeness (QED) is 0.683. The molecule has 1 amide bonds.